The van der Waals surface area contributed by atoms with Crippen LogP contribution in [0.25, 0.3) is 0 Å². The predicted octanol–water partition coefficient (Wildman–Crippen LogP) is 3.78. The lowest BCUT2D eigenvalue weighted by atomic mass is 9.77. The summed E-state index contributed by atoms with van der Waals surface area (Å²) in [4.78, 5) is 30.6. The van der Waals surface area contributed by atoms with Crippen molar-refractivity contribution in [3.05, 3.63) is 29.8 Å². The van der Waals surface area contributed by atoms with Gasteiger partial charge in [-0.2, -0.15) is 0 Å². The van der Waals surface area contributed by atoms with Gasteiger partial charge in [-0.1, -0.05) is 43.9 Å². The van der Waals surface area contributed by atoms with Crippen molar-refractivity contribution in [2.75, 3.05) is 24.5 Å². The van der Waals surface area contributed by atoms with Crippen molar-refractivity contribution in [1.82, 2.24) is 4.90 Å². The summed E-state index contributed by atoms with van der Waals surface area (Å²) in [5, 5.41) is 0. The van der Waals surface area contributed by atoms with E-state index in [4.69, 9.17) is 0 Å². The second-order valence-corrected chi connectivity index (χ2v) is 8.11. The van der Waals surface area contributed by atoms with E-state index in [2.05, 4.69) is 17.0 Å². The first-order valence-corrected chi connectivity index (χ1v) is 10.4. The second kappa shape index (κ2) is 7.81. The Morgan fingerprint density at radius 1 is 0.769 bits per heavy atom. The van der Waals surface area contributed by atoms with E-state index < -0.39 is 0 Å². The molecule has 0 unspecified atom stereocenters. The molecule has 0 bridgehead atoms. The molecule has 1 saturated carbocycles. The Kier molecular flexibility index (Phi) is 5.28. The number of hydrogen-bond acceptors (Lipinski definition) is 2. The van der Waals surface area contributed by atoms with Gasteiger partial charge in [0, 0.05) is 31.2 Å². The molecule has 4 heteroatoms. The highest BCUT2D eigenvalue weighted by atomic mass is 16.2. The predicted molar refractivity (Wildman–Crippen MR) is 103 cm³/mol. The molecule has 0 radical (unpaired) electrons. The molecule has 4 rings (SSSR count). The largest absolute Gasteiger partial charge is 0.342 e. The molecule has 140 valence electrons. The van der Waals surface area contributed by atoms with Crippen LogP contribution in [0.4, 0.5) is 5.69 Å². The number of carbonyl (C=O) groups excluding carboxylic acids is 2. The minimum Gasteiger partial charge on any atom is -0.342 e. The molecular weight excluding hydrogens is 324 g/mol. The summed E-state index contributed by atoms with van der Waals surface area (Å²) in [5.41, 5.74) is 2.32. The average Bonchev–Trinajstić information content (AvgIpc) is 2.93. The minimum absolute atomic E-state index is 0.109. The molecule has 0 spiro atoms. The van der Waals surface area contributed by atoms with Gasteiger partial charge in [-0.15, -0.1) is 0 Å². The number of amides is 2. The summed E-state index contributed by atoms with van der Waals surface area (Å²) in [6, 6.07) is 8.21. The number of hydrogen-bond donors (Lipinski definition) is 0. The van der Waals surface area contributed by atoms with Crippen LogP contribution in [-0.4, -0.2) is 36.3 Å². The summed E-state index contributed by atoms with van der Waals surface area (Å²) < 4.78 is 0. The Morgan fingerprint density at radius 3 is 2.15 bits per heavy atom. The molecule has 0 N–H and O–H groups in total. The first kappa shape index (κ1) is 17.6. The van der Waals surface area contributed by atoms with E-state index in [1.807, 2.05) is 17.0 Å². The maximum atomic E-state index is 13.4. The van der Waals surface area contributed by atoms with Crippen molar-refractivity contribution < 1.29 is 9.59 Å². The summed E-state index contributed by atoms with van der Waals surface area (Å²) in [7, 11) is 0. The molecule has 2 amide bonds. The van der Waals surface area contributed by atoms with Crippen LogP contribution in [0, 0.1) is 11.8 Å². The smallest absolute Gasteiger partial charge is 0.230 e. The molecule has 0 aromatic heterocycles. The molecule has 1 saturated heterocycles. The van der Waals surface area contributed by atoms with Crippen molar-refractivity contribution >= 4 is 17.5 Å². The van der Waals surface area contributed by atoms with Gasteiger partial charge in [-0.05, 0) is 43.7 Å². The highest BCUT2D eigenvalue weighted by molar-refractivity contribution is 5.99. The van der Waals surface area contributed by atoms with Gasteiger partial charge in [-0.25, -0.2) is 0 Å². The highest BCUT2D eigenvalue weighted by Gasteiger charge is 2.41. The van der Waals surface area contributed by atoms with Gasteiger partial charge < -0.3 is 9.80 Å². The van der Waals surface area contributed by atoms with Crippen molar-refractivity contribution in [3.63, 3.8) is 0 Å². The summed E-state index contributed by atoms with van der Waals surface area (Å²) in [6.45, 7) is 2.52. The van der Waals surface area contributed by atoms with Crippen LogP contribution in [0.5, 0.6) is 0 Å². The van der Waals surface area contributed by atoms with Crippen LogP contribution in [0.3, 0.4) is 0 Å². The molecule has 1 aromatic carbocycles. The average molecular weight is 354 g/mol. The maximum absolute atomic E-state index is 13.4. The van der Waals surface area contributed by atoms with Crippen LogP contribution in [0.2, 0.25) is 0 Å². The second-order valence-electron chi connectivity index (χ2n) is 8.11. The van der Waals surface area contributed by atoms with E-state index in [0.717, 1.165) is 70.3 Å². The monoisotopic (exact) mass is 354 g/mol. The number of para-hydroxylation sites is 1. The molecule has 2 aliphatic heterocycles. The third kappa shape index (κ3) is 3.38. The van der Waals surface area contributed by atoms with Gasteiger partial charge in [0.2, 0.25) is 11.8 Å². The first-order chi connectivity index (χ1) is 12.8. The first-order valence-electron chi connectivity index (χ1n) is 10.4. The zero-order chi connectivity index (χ0) is 17.9. The van der Waals surface area contributed by atoms with Crippen molar-refractivity contribution in [1.29, 1.82) is 0 Å². The Bertz CT molecular complexity index is 664. The standard InChI is InChI=1S/C22H30N2O2/c25-21(23-14-7-1-2-8-15-23)18-10-4-5-11-19(18)22(26)24-16-13-17-9-3-6-12-20(17)24/h3,6,9,12,18-19H,1-2,4-5,7-8,10-11,13-16H2/t18-,19-/m1/s1. The lowest BCUT2D eigenvalue weighted by Crippen LogP contribution is -2.46. The number of likely N-dealkylation sites (tertiary alicyclic amines) is 1. The topological polar surface area (TPSA) is 40.6 Å². The molecule has 3 aliphatic rings. The molecular formula is C22H30N2O2. The zero-order valence-corrected chi connectivity index (χ0v) is 15.7. The SMILES string of the molecule is O=C([C@@H]1CCCC[C@H]1C(=O)N1CCc2ccccc21)N1CCCCCC1. The summed E-state index contributed by atoms with van der Waals surface area (Å²) >= 11 is 0. The van der Waals surface area contributed by atoms with Crippen molar-refractivity contribution in [2.45, 2.75) is 57.8 Å². The molecule has 2 heterocycles. The van der Waals surface area contributed by atoms with Gasteiger partial charge in [-0.3, -0.25) is 9.59 Å². The van der Waals surface area contributed by atoms with E-state index in [0.29, 0.717) is 0 Å². The number of carbonyl (C=O) groups is 2. The lowest BCUT2D eigenvalue weighted by Gasteiger charge is -2.35. The molecule has 4 nitrogen and oxygen atoms in total. The molecule has 2 atom stereocenters. The molecule has 26 heavy (non-hydrogen) atoms. The zero-order valence-electron chi connectivity index (χ0n) is 15.7. The van der Waals surface area contributed by atoms with E-state index in [-0.39, 0.29) is 23.7 Å². The van der Waals surface area contributed by atoms with Gasteiger partial charge in [0.25, 0.3) is 0 Å². The quantitative estimate of drug-likeness (QED) is 0.811. The maximum Gasteiger partial charge on any atom is 0.230 e. The van der Waals surface area contributed by atoms with E-state index in [9.17, 15) is 9.59 Å². The van der Waals surface area contributed by atoms with Crippen LogP contribution in [-0.2, 0) is 16.0 Å². The fourth-order valence-electron chi connectivity index (χ4n) is 5.01. The Balaban J connectivity index is 1.52. The highest BCUT2D eigenvalue weighted by Crippen LogP contribution is 2.36. The Morgan fingerprint density at radius 2 is 1.42 bits per heavy atom. The molecule has 1 aromatic rings. The normalized spacial score (nSPS) is 26.3. The number of nitrogens with zero attached hydrogens (tertiary/aromatic N) is 2. The van der Waals surface area contributed by atoms with Crippen LogP contribution in [0.15, 0.2) is 24.3 Å². The lowest BCUT2D eigenvalue weighted by molar-refractivity contribution is -0.142. The van der Waals surface area contributed by atoms with Crippen LogP contribution in [0.1, 0.15) is 56.9 Å². The van der Waals surface area contributed by atoms with Gasteiger partial charge >= 0.3 is 0 Å². The number of benzene rings is 1. The number of rotatable bonds is 2. The Hall–Kier alpha value is -1.84. The molecule has 1 aliphatic carbocycles. The summed E-state index contributed by atoms with van der Waals surface area (Å²) in [6.07, 6.45) is 9.47. The number of fused-ring (bicyclic) bond motifs is 1. The van der Waals surface area contributed by atoms with Gasteiger partial charge in [0.1, 0.15) is 0 Å². The van der Waals surface area contributed by atoms with Crippen LogP contribution >= 0.6 is 0 Å². The summed E-state index contributed by atoms with van der Waals surface area (Å²) in [5.74, 6) is 0.188. The third-order valence-electron chi connectivity index (χ3n) is 6.47. The number of anilines is 1. The van der Waals surface area contributed by atoms with Crippen molar-refractivity contribution in [2.24, 2.45) is 11.8 Å². The van der Waals surface area contributed by atoms with Crippen LogP contribution < -0.4 is 4.90 Å². The van der Waals surface area contributed by atoms with Gasteiger partial charge in [0.15, 0.2) is 0 Å². The molecule has 2 fully saturated rings. The van der Waals surface area contributed by atoms with Gasteiger partial charge in [0.05, 0.1) is 5.92 Å². The van der Waals surface area contributed by atoms with E-state index >= 15 is 0 Å². The van der Waals surface area contributed by atoms with E-state index in [1.165, 1.54) is 18.4 Å². The van der Waals surface area contributed by atoms with Crippen molar-refractivity contribution in [3.8, 4) is 0 Å². The van der Waals surface area contributed by atoms with E-state index in [1.54, 1.807) is 0 Å². The third-order valence-corrected chi connectivity index (χ3v) is 6.47. The Labute approximate surface area is 156 Å². The fourth-order valence-corrected chi connectivity index (χ4v) is 5.01. The fraction of sp³-hybridized carbons (Fsp3) is 0.636. The minimum atomic E-state index is -0.134.